The Hall–Kier alpha value is -2.41. The van der Waals surface area contributed by atoms with Gasteiger partial charge in [-0.05, 0) is 30.3 Å². The van der Waals surface area contributed by atoms with Crippen molar-refractivity contribution in [1.29, 1.82) is 0 Å². The van der Waals surface area contributed by atoms with Crippen molar-refractivity contribution in [3.63, 3.8) is 0 Å². The number of hydrogen-bond acceptors (Lipinski definition) is 6. The molecule has 0 aliphatic heterocycles. The van der Waals surface area contributed by atoms with E-state index in [1.54, 1.807) is 32.2 Å². The molecule has 23 heavy (non-hydrogen) atoms. The summed E-state index contributed by atoms with van der Waals surface area (Å²) in [6.07, 6.45) is 1.62. The summed E-state index contributed by atoms with van der Waals surface area (Å²) < 4.78 is 18.0. The minimum atomic E-state index is 0.699. The lowest BCUT2D eigenvalue weighted by Gasteiger charge is -2.10. The van der Waals surface area contributed by atoms with E-state index in [1.165, 1.54) is 0 Å². The molecule has 0 saturated heterocycles. The number of ether oxygens (including phenoxy) is 2. The smallest absolute Gasteiger partial charge is 0.200 e. The van der Waals surface area contributed by atoms with E-state index in [1.807, 2.05) is 41.9 Å². The van der Waals surface area contributed by atoms with Crippen LogP contribution < -0.4 is 9.47 Å². The predicted octanol–water partition coefficient (Wildman–Crippen LogP) is 3.38. The number of nitrogens with zero attached hydrogens (tertiary/aromatic N) is 3. The number of methoxy groups -OCH3 is 2. The topological polar surface area (TPSA) is 62.3 Å². The Morgan fingerprint density at radius 1 is 1.17 bits per heavy atom. The molecule has 0 spiro atoms. The van der Waals surface area contributed by atoms with Crippen LogP contribution in [0.3, 0.4) is 0 Å². The third-order valence-electron chi connectivity index (χ3n) is 3.42. The molecule has 0 bridgehead atoms. The molecule has 3 rings (SSSR count). The third kappa shape index (κ3) is 3.19. The summed E-state index contributed by atoms with van der Waals surface area (Å²) in [6, 6.07) is 9.45. The molecule has 0 N–H and O–H groups in total. The van der Waals surface area contributed by atoms with E-state index in [0.717, 1.165) is 22.2 Å². The molecule has 3 aromatic rings. The van der Waals surface area contributed by atoms with E-state index in [-0.39, 0.29) is 0 Å². The third-order valence-corrected chi connectivity index (χ3v) is 4.49. The summed E-state index contributed by atoms with van der Waals surface area (Å²) in [5, 5.41) is 9.22. The lowest BCUT2D eigenvalue weighted by Crippen LogP contribution is -1.96. The molecule has 0 unspecified atom stereocenters. The van der Waals surface area contributed by atoms with Crippen molar-refractivity contribution in [2.45, 2.75) is 10.9 Å². The average Bonchev–Trinajstić information content (AvgIpc) is 3.22. The van der Waals surface area contributed by atoms with Crippen molar-refractivity contribution in [3.8, 4) is 23.1 Å². The van der Waals surface area contributed by atoms with Crippen LogP contribution >= 0.6 is 11.8 Å². The fourth-order valence-corrected chi connectivity index (χ4v) is 3.09. The van der Waals surface area contributed by atoms with Gasteiger partial charge >= 0.3 is 0 Å². The second kappa shape index (κ2) is 6.78. The van der Waals surface area contributed by atoms with Gasteiger partial charge in [-0.15, -0.1) is 10.2 Å². The normalized spacial score (nSPS) is 10.7. The standard InChI is InChI=1S/C16H17N3O3S/c1-19-15(14-5-4-8-22-14)17-18-16(19)23-10-11-9-12(20-2)6-7-13(11)21-3/h4-9H,10H2,1-3H3. The highest BCUT2D eigenvalue weighted by molar-refractivity contribution is 7.98. The minimum Gasteiger partial charge on any atom is -0.497 e. The molecule has 0 saturated carbocycles. The van der Waals surface area contributed by atoms with Gasteiger partial charge in [-0.3, -0.25) is 0 Å². The summed E-state index contributed by atoms with van der Waals surface area (Å²) in [6.45, 7) is 0. The van der Waals surface area contributed by atoms with Crippen LogP contribution in [0.15, 0.2) is 46.2 Å². The second-order valence-electron chi connectivity index (χ2n) is 4.81. The number of benzene rings is 1. The Balaban J connectivity index is 1.79. The van der Waals surface area contributed by atoms with Crippen LogP contribution in [0.1, 0.15) is 5.56 Å². The van der Waals surface area contributed by atoms with Crippen molar-refractivity contribution in [1.82, 2.24) is 14.8 Å². The van der Waals surface area contributed by atoms with E-state index in [4.69, 9.17) is 13.9 Å². The summed E-state index contributed by atoms with van der Waals surface area (Å²) in [4.78, 5) is 0. The number of rotatable bonds is 6. The van der Waals surface area contributed by atoms with Crippen molar-refractivity contribution in [2.75, 3.05) is 14.2 Å². The average molecular weight is 331 g/mol. The van der Waals surface area contributed by atoms with Crippen LogP contribution in [0.25, 0.3) is 11.6 Å². The second-order valence-corrected chi connectivity index (χ2v) is 5.75. The Labute approximate surface area is 138 Å². The molecular formula is C16H17N3O3S. The number of hydrogen-bond donors (Lipinski definition) is 0. The highest BCUT2D eigenvalue weighted by Gasteiger charge is 2.14. The van der Waals surface area contributed by atoms with Gasteiger partial charge in [0.1, 0.15) is 11.5 Å². The summed E-state index contributed by atoms with van der Waals surface area (Å²) in [5.74, 6) is 3.73. The van der Waals surface area contributed by atoms with Crippen LogP contribution in [0.5, 0.6) is 11.5 Å². The van der Waals surface area contributed by atoms with Gasteiger partial charge in [0.05, 0.1) is 20.5 Å². The number of aromatic nitrogens is 3. The van der Waals surface area contributed by atoms with Crippen LogP contribution in [0.4, 0.5) is 0 Å². The van der Waals surface area contributed by atoms with E-state index in [0.29, 0.717) is 17.3 Å². The molecular weight excluding hydrogens is 314 g/mol. The lowest BCUT2D eigenvalue weighted by molar-refractivity contribution is 0.400. The maximum atomic E-state index is 5.40. The van der Waals surface area contributed by atoms with E-state index in [2.05, 4.69) is 10.2 Å². The highest BCUT2D eigenvalue weighted by atomic mass is 32.2. The fourth-order valence-electron chi connectivity index (χ4n) is 2.20. The maximum absolute atomic E-state index is 5.40. The molecule has 0 radical (unpaired) electrons. The first-order valence-corrected chi connectivity index (χ1v) is 7.98. The molecule has 0 aliphatic rings. The fraction of sp³-hybridized carbons (Fsp3) is 0.250. The highest BCUT2D eigenvalue weighted by Crippen LogP contribution is 2.31. The van der Waals surface area contributed by atoms with Gasteiger partial charge in [-0.1, -0.05) is 11.8 Å². The Bertz CT molecular complexity index is 784. The molecule has 0 atom stereocenters. The van der Waals surface area contributed by atoms with Gasteiger partial charge in [0.25, 0.3) is 0 Å². The monoisotopic (exact) mass is 331 g/mol. The zero-order chi connectivity index (χ0) is 16.2. The van der Waals surface area contributed by atoms with Gasteiger partial charge in [0, 0.05) is 18.4 Å². The van der Waals surface area contributed by atoms with Crippen molar-refractivity contribution in [3.05, 3.63) is 42.2 Å². The first kappa shape index (κ1) is 15.5. The zero-order valence-corrected chi connectivity index (χ0v) is 14.0. The molecule has 0 aliphatic carbocycles. The van der Waals surface area contributed by atoms with E-state index < -0.39 is 0 Å². The van der Waals surface area contributed by atoms with Crippen molar-refractivity contribution >= 4 is 11.8 Å². The van der Waals surface area contributed by atoms with Gasteiger partial charge in [-0.2, -0.15) is 0 Å². The van der Waals surface area contributed by atoms with Gasteiger partial charge in [-0.25, -0.2) is 0 Å². The summed E-state index contributed by atoms with van der Waals surface area (Å²) in [7, 11) is 5.23. The Kier molecular flexibility index (Phi) is 4.57. The number of thioether (sulfide) groups is 1. The van der Waals surface area contributed by atoms with Crippen molar-refractivity contribution in [2.24, 2.45) is 7.05 Å². The molecule has 0 amide bonds. The molecule has 2 aromatic heterocycles. The molecule has 7 heteroatoms. The van der Waals surface area contributed by atoms with E-state index >= 15 is 0 Å². The Morgan fingerprint density at radius 3 is 2.74 bits per heavy atom. The van der Waals surface area contributed by atoms with Crippen LogP contribution in [0.2, 0.25) is 0 Å². The van der Waals surface area contributed by atoms with Crippen LogP contribution in [0, 0.1) is 0 Å². The molecule has 1 aromatic carbocycles. The first-order chi connectivity index (χ1) is 11.2. The van der Waals surface area contributed by atoms with Crippen LogP contribution in [-0.2, 0) is 12.8 Å². The molecule has 2 heterocycles. The van der Waals surface area contributed by atoms with Gasteiger partial charge < -0.3 is 18.5 Å². The first-order valence-electron chi connectivity index (χ1n) is 7.00. The van der Waals surface area contributed by atoms with Gasteiger partial charge in [0.15, 0.2) is 16.7 Å². The lowest BCUT2D eigenvalue weighted by atomic mass is 10.2. The summed E-state index contributed by atoms with van der Waals surface area (Å²) >= 11 is 1.58. The van der Waals surface area contributed by atoms with Crippen LogP contribution in [-0.4, -0.2) is 29.0 Å². The molecule has 120 valence electrons. The summed E-state index contributed by atoms with van der Waals surface area (Å²) in [5.41, 5.74) is 1.04. The minimum absolute atomic E-state index is 0.699. The molecule has 0 fully saturated rings. The zero-order valence-electron chi connectivity index (χ0n) is 13.1. The number of furan rings is 1. The maximum Gasteiger partial charge on any atom is 0.200 e. The molecule has 6 nitrogen and oxygen atoms in total. The van der Waals surface area contributed by atoms with E-state index in [9.17, 15) is 0 Å². The SMILES string of the molecule is COc1ccc(OC)c(CSc2nnc(-c3ccco3)n2C)c1. The largest absolute Gasteiger partial charge is 0.497 e. The predicted molar refractivity (Wildman–Crippen MR) is 87.8 cm³/mol. The quantitative estimate of drug-likeness (QED) is 0.645. The van der Waals surface area contributed by atoms with Crippen molar-refractivity contribution < 1.29 is 13.9 Å². The Morgan fingerprint density at radius 2 is 2.04 bits per heavy atom. The van der Waals surface area contributed by atoms with Gasteiger partial charge in [0.2, 0.25) is 0 Å².